The number of halogens is 1. The molecule has 1 atom stereocenters. The van der Waals surface area contributed by atoms with Crippen LogP contribution in [0.25, 0.3) is 0 Å². The average Bonchev–Trinajstić information content (AvgIpc) is 2.82. The molecule has 2 heterocycles. The standard InChI is InChI=1S/C25H27FN4O2/c1-2-19-15-20(28-29-24(19)31)12-18-8-9-23(26)22(14-18)25(32)30-11-10-27-16-21(30)13-17-6-4-3-5-7-17/h3-9,14-15,21,27H,2,10-13,16H2,1H3,(H,29,31). The number of benzene rings is 2. The fourth-order valence-corrected chi connectivity index (χ4v) is 4.15. The van der Waals surface area contributed by atoms with E-state index in [9.17, 15) is 14.0 Å². The van der Waals surface area contributed by atoms with E-state index in [2.05, 4.69) is 15.5 Å². The van der Waals surface area contributed by atoms with Crippen molar-refractivity contribution in [2.75, 3.05) is 19.6 Å². The van der Waals surface area contributed by atoms with E-state index in [4.69, 9.17) is 0 Å². The molecule has 0 spiro atoms. The second kappa shape index (κ2) is 9.87. The van der Waals surface area contributed by atoms with E-state index < -0.39 is 5.82 Å². The van der Waals surface area contributed by atoms with Crippen molar-refractivity contribution in [2.24, 2.45) is 0 Å². The third-order valence-corrected chi connectivity index (χ3v) is 5.89. The molecular formula is C25H27FN4O2. The van der Waals surface area contributed by atoms with E-state index >= 15 is 0 Å². The molecule has 0 aliphatic carbocycles. The van der Waals surface area contributed by atoms with Gasteiger partial charge in [0.1, 0.15) is 5.82 Å². The average molecular weight is 435 g/mol. The minimum Gasteiger partial charge on any atom is -0.333 e. The van der Waals surface area contributed by atoms with Crippen LogP contribution in [0.1, 0.15) is 39.7 Å². The number of aromatic nitrogens is 2. The Morgan fingerprint density at radius 1 is 1.16 bits per heavy atom. The lowest BCUT2D eigenvalue weighted by molar-refractivity contribution is 0.0631. The first-order chi connectivity index (χ1) is 15.5. The van der Waals surface area contributed by atoms with Crippen LogP contribution in [0.3, 0.4) is 0 Å². The summed E-state index contributed by atoms with van der Waals surface area (Å²) >= 11 is 0. The summed E-state index contributed by atoms with van der Waals surface area (Å²) in [5.74, 6) is -0.824. The number of nitrogens with one attached hydrogen (secondary N) is 2. The number of hydrogen-bond donors (Lipinski definition) is 2. The van der Waals surface area contributed by atoms with Gasteiger partial charge in [-0.25, -0.2) is 9.49 Å². The summed E-state index contributed by atoms with van der Waals surface area (Å²) in [7, 11) is 0. The number of nitrogens with zero attached hydrogens (tertiary/aromatic N) is 2. The molecule has 3 aromatic rings. The smallest absolute Gasteiger partial charge is 0.267 e. The van der Waals surface area contributed by atoms with Crippen LogP contribution in [-0.4, -0.2) is 46.7 Å². The summed E-state index contributed by atoms with van der Waals surface area (Å²) in [5.41, 5.74) is 3.11. The Morgan fingerprint density at radius 3 is 2.75 bits per heavy atom. The van der Waals surface area contributed by atoms with Gasteiger partial charge in [0.05, 0.1) is 11.3 Å². The molecule has 166 valence electrons. The maximum Gasteiger partial charge on any atom is 0.267 e. The number of aromatic amines is 1. The summed E-state index contributed by atoms with van der Waals surface area (Å²) in [6.07, 6.45) is 1.71. The zero-order chi connectivity index (χ0) is 22.5. The van der Waals surface area contributed by atoms with Crippen molar-refractivity contribution in [3.8, 4) is 0 Å². The summed E-state index contributed by atoms with van der Waals surface area (Å²) in [6.45, 7) is 3.78. The molecular weight excluding hydrogens is 407 g/mol. The molecule has 2 N–H and O–H groups in total. The summed E-state index contributed by atoms with van der Waals surface area (Å²) < 4.78 is 14.7. The molecule has 2 aromatic carbocycles. The van der Waals surface area contributed by atoms with E-state index in [1.54, 1.807) is 23.1 Å². The zero-order valence-corrected chi connectivity index (χ0v) is 18.1. The lowest BCUT2D eigenvalue weighted by Gasteiger charge is -2.36. The second-order valence-electron chi connectivity index (χ2n) is 8.10. The molecule has 7 heteroatoms. The summed E-state index contributed by atoms with van der Waals surface area (Å²) in [4.78, 5) is 26.9. The van der Waals surface area contributed by atoms with Crippen molar-refractivity contribution in [2.45, 2.75) is 32.2 Å². The van der Waals surface area contributed by atoms with Crippen molar-refractivity contribution in [1.29, 1.82) is 0 Å². The molecule has 6 nitrogen and oxygen atoms in total. The minimum absolute atomic E-state index is 0.0466. The van der Waals surface area contributed by atoms with E-state index in [0.717, 1.165) is 11.1 Å². The first-order valence-electron chi connectivity index (χ1n) is 11.0. The Morgan fingerprint density at radius 2 is 1.97 bits per heavy atom. The molecule has 0 saturated carbocycles. The van der Waals surface area contributed by atoms with Gasteiger partial charge in [0.15, 0.2) is 0 Å². The van der Waals surface area contributed by atoms with Crippen LogP contribution < -0.4 is 10.9 Å². The highest BCUT2D eigenvalue weighted by Crippen LogP contribution is 2.19. The third kappa shape index (κ3) is 4.94. The molecule has 1 amide bonds. The van der Waals surface area contributed by atoms with Gasteiger partial charge in [0, 0.05) is 37.7 Å². The molecule has 1 saturated heterocycles. The van der Waals surface area contributed by atoms with Gasteiger partial charge in [0.25, 0.3) is 11.5 Å². The maximum absolute atomic E-state index is 14.7. The van der Waals surface area contributed by atoms with Gasteiger partial charge in [-0.05, 0) is 42.2 Å². The highest BCUT2D eigenvalue weighted by atomic mass is 19.1. The fraction of sp³-hybridized carbons (Fsp3) is 0.320. The van der Waals surface area contributed by atoms with Gasteiger partial charge in [-0.15, -0.1) is 0 Å². The summed E-state index contributed by atoms with van der Waals surface area (Å²) in [5, 5.41) is 9.94. The van der Waals surface area contributed by atoms with Crippen LogP contribution in [-0.2, 0) is 19.3 Å². The molecule has 1 fully saturated rings. The number of rotatable bonds is 6. The Kier molecular flexibility index (Phi) is 6.75. The van der Waals surface area contributed by atoms with E-state index in [0.29, 0.717) is 50.2 Å². The van der Waals surface area contributed by atoms with Gasteiger partial charge in [-0.1, -0.05) is 43.3 Å². The Labute approximate surface area is 186 Å². The van der Waals surface area contributed by atoms with Crippen molar-refractivity contribution in [3.63, 3.8) is 0 Å². The predicted molar refractivity (Wildman–Crippen MR) is 121 cm³/mol. The highest BCUT2D eigenvalue weighted by molar-refractivity contribution is 5.95. The highest BCUT2D eigenvalue weighted by Gasteiger charge is 2.29. The van der Waals surface area contributed by atoms with Gasteiger partial charge in [-0.2, -0.15) is 5.10 Å². The minimum atomic E-state index is -0.528. The number of aryl methyl sites for hydroxylation is 1. The molecule has 1 aliphatic heterocycles. The summed E-state index contributed by atoms with van der Waals surface area (Å²) in [6, 6.07) is 16.3. The first-order valence-corrected chi connectivity index (χ1v) is 11.0. The molecule has 0 bridgehead atoms. The second-order valence-corrected chi connectivity index (χ2v) is 8.10. The van der Waals surface area contributed by atoms with E-state index in [1.807, 2.05) is 37.3 Å². The SMILES string of the molecule is CCc1cc(Cc2ccc(F)c(C(=O)N3CCNCC3Cc3ccccc3)c2)n[nH]c1=O. The number of H-pyrrole nitrogens is 1. The topological polar surface area (TPSA) is 78.1 Å². The van der Waals surface area contributed by atoms with Gasteiger partial charge >= 0.3 is 0 Å². The van der Waals surface area contributed by atoms with Crippen LogP contribution >= 0.6 is 0 Å². The van der Waals surface area contributed by atoms with Gasteiger partial charge in [-0.3, -0.25) is 9.59 Å². The Bertz CT molecular complexity index is 1150. The largest absolute Gasteiger partial charge is 0.333 e. The number of carbonyl (C=O) groups is 1. The van der Waals surface area contributed by atoms with Crippen LogP contribution in [0.15, 0.2) is 59.4 Å². The Hall–Kier alpha value is -3.32. The molecule has 32 heavy (non-hydrogen) atoms. The zero-order valence-electron chi connectivity index (χ0n) is 18.1. The van der Waals surface area contributed by atoms with E-state index in [1.165, 1.54) is 6.07 Å². The lowest BCUT2D eigenvalue weighted by atomic mass is 10.00. The predicted octanol–water partition coefficient (Wildman–Crippen LogP) is 2.72. The van der Waals surface area contributed by atoms with Crippen molar-refractivity contribution >= 4 is 5.91 Å². The normalized spacial score (nSPS) is 16.2. The van der Waals surface area contributed by atoms with Gasteiger partial charge in [0.2, 0.25) is 0 Å². The van der Waals surface area contributed by atoms with Crippen LogP contribution in [0.2, 0.25) is 0 Å². The van der Waals surface area contributed by atoms with Crippen LogP contribution in [0.5, 0.6) is 0 Å². The monoisotopic (exact) mass is 434 g/mol. The van der Waals surface area contributed by atoms with Crippen molar-refractivity contribution in [3.05, 3.63) is 98.7 Å². The number of hydrogen-bond acceptors (Lipinski definition) is 4. The lowest BCUT2D eigenvalue weighted by Crippen LogP contribution is -2.54. The number of amides is 1. The van der Waals surface area contributed by atoms with Crippen molar-refractivity contribution < 1.29 is 9.18 Å². The van der Waals surface area contributed by atoms with E-state index in [-0.39, 0.29) is 23.1 Å². The van der Waals surface area contributed by atoms with Crippen LogP contribution in [0.4, 0.5) is 4.39 Å². The first kappa shape index (κ1) is 21.9. The fourth-order valence-electron chi connectivity index (χ4n) is 4.15. The van der Waals surface area contributed by atoms with Crippen molar-refractivity contribution in [1.82, 2.24) is 20.4 Å². The molecule has 1 unspecified atom stereocenters. The van der Waals surface area contributed by atoms with Gasteiger partial charge < -0.3 is 10.2 Å². The Balaban J connectivity index is 1.56. The molecule has 1 aromatic heterocycles. The maximum atomic E-state index is 14.7. The quantitative estimate of drug-likeness (QED) is 0.625. The molecule has 0 radical (unpaired) electrons. The third-order valence-electron chi connectivity index (χ3n) is 5.89. The number of piperazine rings is 1. The van der Waals surface area contributed by atoms with Crippen LogP contribution in [0, 0.1) is 5.82 Å². The number of carbonyl (C=O) groups excluding carboxylic acids is 1. The molecule has 4 rings (SSSR count). The molecule has 1 aliphatic rings.